The van der Waals surface area contributed by atoms with Crippen LogP contribution in [0.1, 0.15) is 17.3 Å². The Bertz CT molecular complexity index is 574. The SMILES string of the molecule is COCC(C)NC(=O)c1cc(Cl)cc(S(N)(=O)=O)c1. The minimum atomic E-state index is -3.91. The highest BCUT2D eigenvalue weighted by atomic mass is 35.5. The van der Waals surface area contributed by atoms with Crippen LogP contribution in [-0.4, -0.2) is 34.1 Å². The molecule has 0 aliphatic carbocycles. The van der Waals surface area contributed by atoms with Gasteiger partial charge in [0.25, 0.3) is 5.91 Å². The van der Waals surface area contributed by atoms with Crippen LogP contribution in [0.15, 0.2) is 23.1 Å². The molecule has 6 nitrogen and oxygen atoms in total. The molecular weight excluding hydrogens is 292 g/mol. The molecule has 0 aromatic heterocycles. The van der Waals surface area contributed by atoms with Gasteiger partial charge in [-0.05, 0) is 25.1 Å². The molecule has 3 N–H and O–H groups in total. The molecule has 0 bridgehead atoms. The Labute approximate surface area is 116 Å². The fourth-order valence-electron chi connectivity index (χ4n) is 1.46. The van der Waals surface area contributed by atoms with Gasteiger partial charge in [-0.15, -0.1) is 0 Å². The molecule has 1 amide bonds. The van der Waals surface area contributed by atoms with Gasteiger partial charge in [-0.3, -0.25) is 4.79 Å². The third-order valence-corrected chi connectivity index (χ3v) is 3.37. The summed E-state index contributed by atoms with van der Waals surface area (Å²) in [5.41, 5.74) is 0.125. The summed E-state index contributed by atoms with van der Waals surface area (Å²) in [6.07, 6.45) is 0. The second-order valence-corrected chi connectivity index (χ2v) is 6.05. The van der Waals surface area contributed by atoms with Crippen LogP contribution < -0.4 is 10.5 Å². The minimum Gasteiger partial charge on any atom is -0.383 e. The highest BCUT2D eigenvalue weighted by Crippen LogP contribution is 2.18. The first kappa shape index (κ1) is 15.9. The molecule has 0 aliphatic heterocycles. The molecular formula is C11H15ClN2O4S. The van der Waals surface area contributed by atoms with Crippen LogP contribution in [0, 0.1) is 0 Å². The van der Waals surface area contributed by atoms with Crippen molar-refractivity contribution >= 4 is 27.5 Å². The maximum absolute atomic E-state index is 11.9. The molecule has 0 aliphatic rings. The molecule has 0 saturated heterocycles. The number of sulfonamides is 1. The topological polar surface area (TPSA) is 98.5 Å². The highest BCUT2D eigenvalue weighted by molar-refractivity contribution is 7.89. The maximum Gasteiger partial charge on any atom is 0.251 e. The summed E-state index contributed by atoms with van der Waals surface area (Å²) < 4.78 is 27.4. The van der Waals surface area contributed by atoms with E-state index >= 15 is 0 Å². The zero-order valence-corrected chi connectivity index (χ0v) is 12.1. The van der Waals surface area contributed by atoms with Crippen LogP contribution in [0.4, 0.5) is 0 Å². The Morgan fingerprint density at radius 2 is 2.11 bits per heavy atom. The lowest BCUT2D eigenvalue weighted by Gasteiger charge is -2.13. The molecule has 1 aromatic carbocycles. The molecule has 0 fully saturated rings. The van der Waals surface area contributed by atoms with Gasteiger partial charge in [0.05, 0.1) is 11.5 Å². The Kier molecular flexibility index (Phi) is 5.30. The molecule has 8 heteroatoms. The highest BCUT2D eigenvalue weighted by Gasteiger charge is 2.15. The summed E-state index contributed by atoms with van der Waals surface area (Å²) in [6, 6.07) is 3.52. The molecule has 0 spiro atoms. The molecule has 0 saturated carbocycles. The van der Waals surface area contributed by atoms with Crippen LogP contribution in [0.3, 0.4) is 0 Å². The van der Waals surface area contributed by atoms with Gasteiger partial charge in [0.1, 0.15) is 0 Å². The fraction of sp³-hybridized carbons (Fsp3) is 0.364. The number of hydrogen-bond acceptors (Lipinski definition) is 4. The van der Waals surface area contributed by atoms with Gasteiger partial charge in [-0.25, -0.2) is 13.6 Å². The average molecular weight is 307 g/mol. The monoisotopic (exact) mass is 306 g/mol. The van der Waals surface area contributed by atoms with Gasteiger partial charge in [-0.1, -0.05) is 11.6 Å². The number of nitrogens with one attached hydrogen (secondary N) is 1. The lowest BCUT2D eigenvalue weighted by molar-refractivity contribution is 0.0905. The molecule has 19 heavy (non-hydrogen) atoms. The lowest BCUT2D eigenvalue weighted by Crippen LogP contribution is -2.35. The van der Waals surface area contributed by atoms with Gasteiger partial charge in [0.15, 0.2) is 0 Å². The quantitative estimate of drug-likeness (QED) is 0.838. The number of amides is 1. The predicted molar refractivity (Wildman–Crippen MR) is 71.6 cm³/mol. The smallest absolute Gasteiger partial charge is 0.251 e. The number of carbonyl (C=O) groups excluding carboxylic acids is 1. The summed E-state index contributed by atoms with van der Waals surface area (Å²) in [7, 11) is -2.39. The Morgan fingerprint density at radius 1 is 1.47 bits per heavy atom. The van der Waals surface area contributed by atoms with Gasteiger partial charge in [0, 0.05) is 23.7 Å². The summed E-state index contributed by atoms with van der Waals surface area (Å²) >= 11 is 5.77. The lowest BCUT2D eigenvalue weighted by atomic mass is 10.2. The van der Waals surface area contributed by atoms with E-state index in [0.29, 0.717) is 6.61 Å². The number of hydrogen-bond donors (Lipinski definition) is 2. The van der Waals surface area contributed by atoms with Crippen molar-refractivity contribution in [1.82, 2.24) is 5.32 Å². The zero-order valence-electron chi connectivity index (χ0n) is 10.5. The maximum atomic E-state index is 11.9. The zero-order chi connectivity index (χ0) is 14.6. The van der Waals surface area contributed by atoms with E-state index in [2.05, 4.69) is 5.32 Å². The van der Waals surface area contributed by atoms with Crippen LogP contribution in [0.2, 0.25) is 5.02 Å². The van der Waals surface area contributed by atoms with E-state index < -0.39 is 15.9 Å². The van der Waals surface area contributed by atoms with Crippen molar-refractivity contribution in [3.05, 3.63) is 28.8 Å². The van der Waals surface area contributed by atoms with Crippen LogP contribution >= 0.6 is 11.6 Å². The average Bonchev–Trinajstić information content (AvgIpc) is 2.27. The first-order valence-corrected chi connectivity index (χ1v) is 7.29. The molecule has 0 radical (unpaired) electrons. The van der Waals surface area contributed by atoms with Crippen molar-refractivity contribution in [2.24, 2.45) is 5.14 Å². The summed E-state index contributed by atoms with van der Waals surface area (Å²) in [6.45, 7) is 2.10. The van der Waals surface area contributed by atoms with Crippen molar-refractivity contribution < 1.29 is 17.9 Å². The van der Waals surface area contributed by atoms with Crippen molar-refractivity contribution in [1.29, 1.82) is 0 Å². The molecule has 1 unspecified atom stereocenters. The van der Waals surface area contributed by atoms with Crippen LogP contribution in [-0.2, 0) is 14.8 Å². The third-order valence-electron chi connectivity index (χ3n) is 2.26. The summed E-state index contributed by atoms with van der Waals surface area (Å²) in [5.74, 6) is -0.447. The Morgan fingerprint density at radius 3 is 2.63 bits per heavy atom. The summed E-state index contributed by atoms with van der Waals surface area (Å²) in [4.78, 5) is 11.7. The standard InChI is InChI=1S/C11H15ClN2O4S/c1-7(6-18-2)14-11(15)8-3-9(12)5-10(4-8)19(13,16)17/h3-5,7H,6H2,1-2H3,(H,14,15)(H2,13,16,17). The van der Waals surface area contributed by atoms with E-state index in [1.54, 1.807) is 6.92 Å². The van der Waals surface area contributed by atoms with E-state index in [-0.39, 0.29) is 21.5 Å². The Hall–Kier alpha value is -1.15. The van der Waals surface area contributed by atoms with Crippen molar-refractivity contribution in [2.45, 2.75) is 17.9 Å². The second-order valence-electron chi connectivity index (χ2n) is 4.05. The first-order valence-electron chi connectivity index (χ1n) is 5.37. The van der Waals surface area contributed by atoms with Gasteiger partial charge < -0.3 is 10.1 Å². The number of primary sulfonamides is 1. The number of halogens is 1. The number of rotatable bonds is 5. The third kappa shape index (κ3) is 4.79. The largest absolute Gasteiger partial charge is 0.383 e. The number of ether oxygens (including phenoxy) is 1. The number of benzene rings is 1. The van der Waals surface area contributed by atoms with E-state index in [0.717, 1.165) is 0 Å². The van der Waals surface area contributed by atoms with Gasteiger partial charge in [0.2, 0.25) is 10.0 Å². The van der Waals surface area contributed by atoms with Crippen LogP contribution in [0.25, 0.3) is 0 Å². The van der Waals surface area contributed by atoms with Gasteiger partial charge >= 0.3 is 0 Å². The van der Waals surface area contributed by atoms with E-state index in [9.17, 15) is 13.2 Å². The number of carbonyl (C=O) groups is 1. The number of methoxy groups -OCH3 is 1. The van der Waals surface area contributed by atoms with Gasteiger partial charge in [-0.2, -0.15) is 0 Å². The van der Waals surface area contributed by atoms with E-state index in [1.807, 2.05) is 0 Å². The second kappa shape index (κ2) is 6.33. The van der Waals surface area contributed by atoms with Crippen molar-refractivity contribution in [2.75, 3.05) is 13.7 Å². The molecule has 0 heterocycles. The molecule has 106 valence electrons. The fourth-order valence-corrected chi connectivity index (χ4v) is 2.34. The molecule has 1 rings (SSSR count). The van der Waals surface area contributed by atoms with Crippen molar-refractivity contribution in [3.8, 4) is 0 Å². The molecule has 1 aromatic rings. The van der Waals surface area contributed by atoms with Crippen molar-refractivity contribution in [3.63, 3.8) is 0 Å². The first-order chi connectivity index (χ1) is 8.74. The predicted octanol–water partition coefficient (Wildman–Crippen LogP) is 0.752. The minimum absolute atomic E-state index is 0.121. The van der Waals surface area contributed by atoms with Crippen LogP contribution in [0.5, 0.6) is 0 Å². The summed E-state index contributed by atoms with van der Waals surface area (Å²) in [5, 5.41) is 7.77. The normalized spacial score (nSPS) is 13.1. The van der Waals surface area contributed by atoms with E-state index in [4.69, 9.17) is 21.5 Å². The van der Waals surface area contributed by atoms with E-state index in [1.165, 1.54) is 25.3 Å². The molecule has 1 atom stereocenters. The Balaban J connectivity index is 3.01. The number of nitrogens with two attached hydrogens (primary N) is 1.